The molecule has 2 unspecified atom stereocenters. The van der Waals surface area contributed by atoms with Crippen molar-refractivity contribution >= 4 is 11.5 Å². The molecule has 0 aliphatic carbocycles. The Morgan fingerprint density at radius 2 is 2.37 bits per heavy atom. The second-order valence-corrected chi connectivity index (χ2v) is 5.29. The summed E-state index contributed by atoms with van der Waals surface area (Å²) in [7, 11) is 0. The Labute approximate surface area is 113 Å². The molecule has 0 spiro atoms. The average Bonchev–Trinajstić information content (AvgIpc) is 2.82. The largest absolute Gasteiger partial charge is 0.394 e. The molecule has 6 heteroatoms. The van der Waals surface area contributed by atoms with Crippen molar-refractivity contribution in [1.29, 1.82) is 0 Å². The first-order chi connectivity index (χ1) is 8.98. The third-order valence-electron chi connectivity index (χ3n) is 3.83. The van der Waals surface area contributed by atoms with Gasteiger partial charge in [0.05, 0.1) is 17.5 Å². The van der Waals surface area contributed by atoms with Crippen molar-refractivity contribution in [1.82, 2.24) is 9.78 Å². The number of hydrogen-bond donors (Lipinski definition) is 3. The molecule has 0 bridgehead atoms. The van der Waals surface area contributed by atoms with Crippen LogP contribution >= 0.6 is 0 Å². The normalized spacial score (nSPS) is 26.8. The zero-order chi connectivity index (χ0) is 14.0. The molecule has 19 heavy (non-hydrogen) atoms. The van der Waals surface area contributed by atoms with Gasteiger partial charge in [0.1, 0.15) is 11.4 Å². The van der Waals surface area contributed by atoms with E-state index in [1.165, 1.54) is 0 Å². The number of anilines is 2. The van der Waals surface area contributed by atoms with Gasteiger partial charge in [-0.05, 0) is 20.3 Å². The lowest BCUT2D eigenvalue weighted by Crippen LogP contribution is -2.43. The van der Waals surface area contributed by atoms with Gasteiger partial charge in [0.2, 0.25) is 0 Å². The molecule has 1 aromatic heterocycles. The zero-order valence-electron chi connectivity index (χ0n) is 11.9. The maximum Gasteiger partial charge on any atom is 0.148 e. The van der Waals surface area contributed by atoms with Gasteiger partial charge in [-0.25, -0.2) is 4.68 Å². The van der Waals surface area contributed by atoms with Crippen LogP contribution in [0.2, 0.25) is 0 Å². The van der Waals surface area contributed by atoms with E-state index < -0.39 is 5.60 Å². The average molecular weight is 268 g/mol. The first-order valence-corrected chi connectivity index (χ1v) is 6.88. The predicted octanol–water partition coefficient (Wildman–Crippen LogP) is 1.14. The zero-order valence-corrected chi connectivity index (χ0v) is 11.9. The van der Waals surface area contributed by atoms with Crippen LogP contribution in [0, 0.1) is 6.92 Å². The summed E-state index contributed by atoms with van der Waals surface area (Å²) in [5.74, 6) is 0.798. The number of rotatable bonds is 5. The van der Waals surface area contributed by atoms with Gasteiger partial charge >= 0.3 is 0 Å². The Bertz CT molecular complexity index is 446. The molecule has 0 radical (unpaired) electrons. The molecule has 6 nitrogen and oxygen atoms in total. The molecule has 2 heterocycles. The van der Waals surface area contributed by atoms with E-state index in [0.717, 1.165) is 24.5 Å². The molecule has 0 aromatic carbocycles. The van der Waals surface area contributed by atoms with Gasteiger partial charge in [0.15, 0.2) is 0 Å². The smallest absolute Gasteiger partial charge is 0.148 e. The molecule has 0 saturated carbocycles. The fraction of sp³-hybridized carbons (Fsp3) is 0.769. The minimum Gasteiger partial charge on any atom is -0.394 e. The summed E-state index contributed by atoms with van der Waals surface area (Å²) in [6.07, 6.45) is 1.46. The molecule has 2 atom stereocenters. The molecule has 1 aromatic rings. The van der Waals surface area contributed by atoms with Crippen LogP contribution in [0.1, 0.15) is 32.4 Å². The van der Waals surface area contributed by atoms with Gasteiger partial charge in [0.25, 0.3) is 0 Å². The van der Waals surface area contributed by atoms with E-state index in [1.54, 1.807) is 0 Å². The van der Waals surface area contributed by atoms with Crippen LogP contribution in [-0.2, 0) is 11.3 Å². The molecule has 108 valence electrons. The van der Waals surface area contributed by atoms with Crippen molar-refractivity contribution in [3.63, 3.8) is 0 Å². The van der Waals surface area contributed by atoms with Crippen molar-refractivity contribution in [2.45, 2.75) is 51.9 Å². The van der Waals surface area contributed by atoms with Gasteiger partial charge in [-0.2, -0.15) is 5.10 Å². The van der Waals surface area contributed by atoms with Crippen molar-refractivity contribution < 1.29 is 9.84 Å². The number of ether oxygens (including phenoxy) is 1. The second kappa shape index (κ2) is 5.38. The highest BCUT2D eigenvalue weighted by atomic mass is 16.5. The van der Waals surface area contributed by atoms with Crippen molar-refractivity contribution in [2.24, 2.45) is 0 Å². The van der Waals surface area contributed by atoms with E-state index >= 15 is 0 Å². The van der Waals surface area contributed by atoms with E-state index in [4.69, 9.17) is 10.5 Å². The third kappa shape index (κ3) is 2.69. The molecule has 1 aliphatic rings. The highest BCUT2D eigenvalue weighted by Gasteiger charge is 2.39. The summed E-state index contributed by atoms with van der Waals surface area (Å²) in [5.41, 5.74) is 6.68. The Balaban J connectivity index is 2.10. The Kier molecular flexibility index (Phi) is 4.01. The summed E-state index contributed by atoms with van der Waals surface area (Å²) < 4.78 is 7.30. The van der Waals surface area contributed by atoms with Crippen LogP contribution < -0.4 is 11.1 Å². The SMILES string of the molecule is CCCn1nc(C)c(N)c1NCC1(O)CCOC1C. The standard InChI is InChI=1S/C13H24N4O2/c1-4-6-17-12(11(14)9(2)16-17)15-8-13(18)5-7-19-10(13)3/h10,15,18H,4-8,14H2,1-3H3. The van der Waals surface area contributed by atoms with E-state index in [0.29, 0.717) is 25.3 Å². The number of nitrogens with one attached hydrogen (secondary N) is 1. The van der Waals surface area contributed by atoms with Crippen LogP contribution in [0.4, 0.5) is 11.5 Å². The van der Waals surface area contributed by atoms with Gasteiger partial charge < -0.3 is 20.9 Å². The summed E-state index contributed by atoms with van der Waals surface area (Å²) >= 11 is 0. The van der Waals surface area contributed by atoms with Gasteiger partial charge in [0, 0.05) is 26.1 Å². The number of hydrogen-bond acceptors (Lipinski definition) is 5. The summed E-state index contributed by atoms with van der Waals surface area (Å²) in [6.45, 7) is 7.72. The Morgan fingerprint density at radius 3 is 2.95 bits per heavy atom. The topological polar surface area (TPSA) is 85.3 Å². The number of nitrogen functional groups attached to an aromatic ring is 1. The fourth-order valence-electron chi connectivity index (χ4n) is 2.40. The Hall–Kier alpha value is -1.27. The lowest BCUT2D eigenvalue weighted by atomic mass is 9.97. The number of aliphatic hydroxyl groups is 1. The van der Waals surface area contributed by atoms with E-state index in [9.17, 15) is 5.11 Å². The number of nitrogens with two attached hydrogens (primary N) is 1. The molecule has 0 amide bonds. The maximum atomic E-state index is 10.5. The lowest BCUT2D eigenvalue weighted by molar-refractivity contribution is -0.0176. The number of aromatic nitrogens is 2. The Morgan fingerprint density at radius 1 is 1.63 bits per heavy atom. The van der Waals surface area contributed by atoms with E-state index in [-0.39, 0.29) is 6.10 Å². The predicted molar refractivity (Wildman–Crippen MR) is 75.1 cm³/mol. The van der Waals surface area contributed by atoms with Crippen LogP contribution in [-0.4, -0.2) is 39.7 Å². The van der Waals surface area contributed by atoms with E-state index in [2.05, 4.69) is 17.3 Å². The van der Waals surface area contributed by atoms with Crippen LogP contribution in [0.3, 0.4) is 0 Å². The van der Waals surface area contributed by atoms with Gasteiger partial charge in [-0.15, -0.1) is 0 Å². The number of nitrogens with zero attached hydrogens (tertiary/aromatic N) is 2. The molecule has 1 saturated heterocycles. The third-order valence-corrected chi connectivity index (χ3v) is 3.83. The van der Waals surface area contributed by atoms with Crippen LogP contribution in [0.15, 0.2) is 0 Å². The summed E-state index contributed by atoms with van der Waals surface area (Å²) in [5, 5.41) is 18.1. The lowest BCUT2D eigenvalue weighted by Gasteiger charge is -2.26. The molecular weight excluding hydrogens is 244 g/mol. The highest BCUT2D eigenvalue weighted by Crippen LogP contribution is 2.28. The highest BCUT2D eigenvalue weighted by molar-refractivity contribution is 5.64. The quantitative estimate of drug-likeness (QED) is 0.745. The van der Waals surface area contributed by atoms with Gasteiger partial charge in [-0.3, -0.25) is 0 Å². The first-order valence-electron chi connectivity index (χ1n) is 6.88. The van der Waals surface area contributed by atoms with E-state index in [1.807, 2.05) is 18.5 Å². The molecule has 1 fully saturated rings. The van der Waals surface area contributed by atoms with Crippen LogP contribution in [0.5, 0.6) is 0 Å². The summed E-state index contributed by atoms with van der Waals surface area (Å²) in [6, 6.07) is 0. The minimum absolute atomic E-state index is 0.162. The minimum atomic E-state index is -0.832. The molecule has 1 aliphatic heterocycles. The monoisotopic (exact) mass is 268 g/mol. The maximum absolute atomic E-state index is 10.5. The van der Waals surface area contributed by atoms with Gasteiger partial charge in [-0.1, -0.05) is 6.92 Å². The van der Waals surface area contributed by atoms with Crippen molar-refractivity contribution in [2.75, 3.05) is 24.2 Å². The van der Waals surface area contributed by atoms with Crippen LogP contribution in [0.25, 0.3) is 0 Å². The fourth-order valence-corrected chi connectivity index (χ4v) is 2.40. The molecule has 2 rings (SSSR count). The molecular formula is C13H24N4O2. The summed E-state index contributed by atoms with van der Waals surface area (Å²) in [4.78, 5) is 0. The number of aryl methyl sites for hydroxylation is 2. The van der Waals surface area contributed by atoms with Crippen molar-refractivity contribution in [3.8, 4) is 0 Å². The van der Waals surface area contributed by atoms with Crippen molar-refractivity contribution in [3.05, 3.63) is 5.69 Å². The molecule has 4 N–H and O–H groups in total. The second-order valence-electron chi connectivity index (χ2n) is 5.29. The first kappa shape index (κ1) is 14.1.